The van der Waals surface area contributed by atoms with Gasteiger partial charge in [-0.25, -0.2) is 8.42 Å². The van der Waals surface area contributed by atoms with Crippen LogP contribution < -0.4 is 14.9 Å². The lowest BCUT2D eigenvalue weighted by atomic mass is 10.0. The fraction of sp³-hybridized carbons (Fsp3) is 0.316. The predicted octanol–water partition coefficient (Wildman–Crippen LogP) is 2.31. The van der Waals surface area contributed by atoms with Crippen molar-refractivity contribution in [2.24, 2.45) is 0 Å². The van der Waals surface area contributed by atoms with Gasteiger partial charge in [-0.2, -0.15) is 13.2 Å². The van der Waals surface area contributed by atoms with Crippen LogP contribution in [-0.2, 0) is 32.2 Å². The summed E-state index contributed by atoms with van der Waals surface area (Å²) in [5.74, 6) is -0.302. The number of amides is 2. The highest BCUT2D eigenvalue weighted by molar-refractivity contribution is 7.92. The molecule has 2 aromatic rings. The van der Waals surface area contributed by atoms with Crippen LogP contribution in [0.5, 0.6) is 0 Å². The first-order chi connectivity index (χ1) is 14.6. The molecule has 0 spiro atoms. The van der Waals surface area contributed by atoms with Crippen LogP contribution >= 0.6 is 0 Å². The van der Waals surface area contributed by atoms with Gasteiger partial charge in [0.05, 0.1) is 46.3 Å². The molecule has 0 saturated heterocycles. The zero-order chi connectivity index (χ0) is 22.8. The average Bonchev–Trinajstić information content (AvgIpc) is 2.73. The number of anilines is 2. The maximum Gasteiger partial charge on any atom is 0.416 e. The second-order valence-electron chi connectivity index (χ2n) is 6.84. The highest BCUT2D eigenvalue weighted by Crippen LogP contribution is 2.35. The van der Waals surface area contributed by atoms with Crippen LogP contribution in [0.25, 0.3) is 0 Å². The van der Waals surface area contributed by atoms with E-state index in [2.05, 4.69) is 15.6 Å². The molecule has 2 amide bonds. The average molecular weight is 456 g/mol. The Balaban J connectivity index is 2.09. The van der Waals surface area contributed by atoms with Crippen LogP contribution in [-0.4, -0.2) is 38.3 Å². The predicted molar refractivity (Wildman–Crippen MR) is 106 cm³/mol. The molecule has 8 nitrogen and oxygen atoms in total. The van der Waals surface area contributed by atoms with E-state index in [1.807, 2.05) is 0 Å². The molecular formula is C19H19F3N4O4S. The molecule has 31 heavy (non-hydrogen) atoms. The molecule has 0 fully saturated rings. The van der Waals surface area contributed by atoms with Crippen molar-refractivity contribution >= 4 is 33.7 Å². The number of carbonyl (C=O) groups excluding carboxylic acids is 2. The Kier molecular flexibility index (Phi) is 6.20. The second-order valence-corrected chi connectivity index (χ2v) is 8.70. The number of halogens is 3. The fourth-order valence-electron chi connectivity index (χ4n) is 3.21. The van der Waals surface area contributed by atoms with E-state index in [1.54, 1.807) is 6.92 Å². The molecule has 0 radical (unpaired) electrons. The van der Waals surface area contributed by atoms with Gasteiger partial charge in [0.2, 0.25) is 12.3 Å². The number of rotatable bonds is 6. The molecule has 1 unspecified atom stereocenters. The quantitative estimate of drug-likeness (QED) is 0.649. The zero-order valence-electron chi connectivity index (χ0n) is 16.3. The van der Waals surface area contributed by atoms with Gasteiger partial charge < -0.3 is 10.6 Å². The topological polar surface area (TPSA) is 108 Å². The minimum absolute atomic E-state index is 0.117. The van der Waals surface area contributed by atoms with Crippen LogP contribution in [0.15, 0.2) is 41.4 Å². The molecule has 1 aliphatic heterocycles. The van der Waals surface area contributed by atoms with E-state index in [-0.39, 0.29) is 36.7 Å². The summed E-state index contributed by atoms with van der Waals surface area (Å²) < 4.78 is 66.9. The molecule has 1 aromatic carbocycles. The monoisotopic (exact) mass is 456 g/mol. The third-order valence-corrected chi connectivity index (χ3v) is 6.48. The molecule has 0 bridgehead atoms. The van der Waals surface area contributed by atoms with Crippen molar-refractivity contribution in [3.05, 3.63) is 47.8 Å². The van der Waals surface area contributed by atoms with Crippen molar-refractivity contribution in [3.63, 3.8) is 0 Å². The summed E-state index contributed by atoms with van der Waals surface area (Å²) in [4.78, 5) is 26.2. The van der Waals surface area contributed by atoms with E-state index in [0.717, 1.165) is 22.5 Å². The molecule has 166 valence electrons. The van der Waals surface area contributed by atoms with E-state index in [1.165, 1.54) is 12.3 Å². The van der Waals surface area contributed by atoms with Gasteiger partial charge in [0.15, 0.2) is 0 Å². The largest absolute Gasteiger partial charge is 0.416 e. The first-order valence-corrected chi connectivity index (χ1v) is 10.7. The number of hydrogen-bond acceptors (Lipinski definition) is 5. The van der Waals surface area contributed by atoms with Gasteiger partial charge in [0.25, 0.3) is 10.0 Å². The van der Waals surface area contributed by atoms with Crippen molar-refractivity contribution in [2.75, 3.05) is 16.2 Å². The second kappa shape index (κ2) is 8.53. The van der Waals surface area contributed by atoms with Gasteiger partial charge in [-0.1, -0.05) is 13.0 Å². The standard InChI is InChI=1S/C19H19F3N4O4S/c1-2-18(28)25-14-7-16-17(8-13(9-23-16)24-11-27)26(10-14)31(29,30)15-5-3-4-12(6-15)19(20,21)22/h3-6,8-9,11,14H,2,7,10H2,1H3,(H,24,27)(H,25,28). The third kappa shape index (κ3) is 4.79. The van der Waals surface area contributed by atoms with E-state index in [4.69, 9.17) is 0 Å². The van der Waals surface area contributed by atoms with Crippen LogP contribution in [0.4, 0.5) is 24.5 Å². The lowest BCUT2D eigenvalue weighted by molar-refractivity contribution is -0.137. The normalized spacial score (nSPS) is 16.4. The fourth-order valence-corrected chi connectivity index (χ4v) is 4.79. The van der Waals surface area contributed by atoms with Crippen LogP contribution in [0.2, 0.25) is 0 Å². The van der Waals surface area contributed by atoms with Crippen molar-refractivity contribution in [1.29, 1.82) is 0 Å². The summed E-state index contributed by atoms with van der Waals surface area (Å²) >= 11 is 0. The van der Waals surface area contributed by atoms with Gasteiger partial charge in [-0.3, -0.25) is 18.9 Å². The Morgan fingerprint density at radius 1 is 1.32 bits per heavy atom. The van der Waals surface area contributed by atoms with Crippen molar-refractivity contribution in [1.82, 2.24) is 10.3 Å². The maximum absolute atomic E-state index is 13.3. The van der Waals surface area contributed by atoms with E-state index in [0.29, 0.717) is 18.2 Å². The van der Waals surface area contributed by atoms with Gasteiger partial charge in [-0.05, 0) is 24.3 Å². The first kappa shape index (κ1) is 22.5. The summed E-state index contributed by atoms with van der Waals surface area (Å²) in [7, 11) is -4.44. The number of pyridine rings is 1. The molecule has 1 aliphatic rings. The van der Waals surface area contributed by atoms with Gasteiger partial charge in [-0.15, -0.1) is 0 Å². The lowest BCUT2D eigenvalue weighted by Crippen LogP contribution is -2.50. The summed E-state index contributed by atoms with van der Waals surface area (Å²) in [5, 5.41) is 5.07. The number of sulfonamides is 1. The summed E-state index contributed by atoms with van der Waals surface area (Å²) in [6, 6.07) is 4.17. The maximum atomic E-state index is 13.3. The Hall–Kier alpha value is -3.15. The number of nitrogens with one attached hydrogen (secondary N) is 2. The van der Waals surface area contributed by atoms with Gasteiger partial charge in [0, 0.05) is 12.8 Å². The van der Waals surface area contributed by atoms with Crippen molar-refractivity contribution in [3.8, 4) is 0 Å². The van der Waals surface area contributed by atoms with Crippen molar-refractivity contribution in [2.45, 2.75) is 36.9 Å². The molecule has 0 aliphatic carbocycles. The number of benzene rings is 1. The minimum Gasteiger partial charge on any atom is -0.351 e. The van der Waals surface area contributed by atoms with Crippen LogP contribution in [0.3, 0.4) is 0 Å². The number of hydrogen-bond donors (Lipinski definition) is 2. The number of nitrogens with zero attached hydrogens (tertiary/aromatic N) is 2. The molecule has 1 aromatic heterocycles. The Bertz CT molecular complexity index is 1110. The molecule has 1 atom stereocenters. The number of carbonyl (C=O) groups is 2. The first-order valence-electron chi connectivity index (χ1n) is 9.24. The van der Waals surface area contributed by atoms with Crippen LogP contribution in [0, 0.1) is 0 Å². The molecule has 0 saturated carbocycles. The smallest absolute Gasteiger partial charge is 0.351 e. The molecule has 12 heteroatoms. The minimum atomic E-state index is -4.72. The molecular weight excluding hydrogens is 437 g/mol. The van der Waals surface area contributed by atoms with Gasteiger partial charge in [0.1, 0.15) is 0 Å². The number of alkyl halides is 3. The van der Waals surface area contributed by atoms with E-state index in [9.17, 15) is 31.2 Å². The lowest BCUT2D eigenvalue weighted by Gasteiger charge is -2.35. The highest BCUT2D eigenvalue weighted by atomic mass is 32.2. The molecule has 2 heterocycles. The highest BCUT2D eigenvalue weighted by Gasteiger charge is 2.37. The molecule has 2 N–H and O–H groups in total. The summed E-state index contributed by atoms with van der Waals surface area (Å²) in [6.45, 7) is 1.43. The summed E-state index contributed by atoms with van der Waals surface area (Å²) in [5.41, 5.74) is -0.448. The van der Waals surface area contributed by atoms with E-state index < -0.39 is 32.7 Å². The molecule has 3 rings (SSSR count). The summed E-state index contributed by atoms with van der Waals surface area (Å²) in [6.07, 6.45) is -2.60. The SMILES string of the molecule is CCC(=O)NC1Cc2ncc(NC=O)cc2N(S(=O)(=O)c2cccc(C(F)(F)F)c2)C1. The van der Waals surface area contributed by atoms with Gasteiger partial charge >= 0.3 is 6.18 Å². The number of fused-ring (bicyclic) bond motifs is 1. The van der Waals surface area contributed by atoms with Crippen molar-refractivity contribution < 1.29 is 31.2 Å². The third-order valence-electron chi connectivity index (χ3n) is 4.70. The zero-order valence-corrected chi connectivity index (χ0v) is 17.1. The number of aromatic nitrogens is 1. The Labute approximate surface area is 176 Å². The van der Waals surface area contributed by atoms with E-state index >= 15 is 0 Å². The Morgan fingerprint density at radius 3 is 2.71 bits per heavy atom. The van der Waals surface area contributed by atoms with Crippen LogP contribution in [0.1, 0.15) is 24.6 Å². The Morgan fingerprint density at radius 2 is 2.06 bits per heavy atom.